The van der Waals surface area contributed by atoms with Crippen molar-refractivity contribution in [3.05, 3.63) is 24.3 Å². The highest BCUT2D eigenvalue weighted by Gasteiger charge is 2.51. The molecular weight excluding hydrogens is 327 g/mol. The van der Waals surface area contributed by atoms with E-state index in [1.54, 1.807) is 11.8 Å². The zero-order valence-electron chi connectivity index (χ0n) is 12.2. The van der Waals surface area contributed by atoms with E-state index in [4.69, 9.17) is 23.2 Å². The molecule has 0 heterocycles. The molecule has 0 saturated heterocycles. The Kier molecular flexibility index (Phi) is 5.69. The molecule has 1 saturated carbocycles. The number of alkyl halides is 2. The van der Waals surface area contributed by atoms with E-state index in [0.717, 1.165) is 22.8 Å². The summed E-state index contributed by atoms with van der Waals surface area (Å²) < 4.78 is -0.552. The highest BCUT2D eigenvalue weighted by molar-refractivity contribution is 7.99. The first kappa shape index (κ1) is 16.8. The SMILES string of the molecule is CC(C)CNC(=O)Nc1ccccc1SCC1CC1(Cl)Cl. The van der Waals surface area contributed by atoms with Crippen molar-refractivity contribution in [3.8, 4) is 0 Å². The lowest BCUT2D eigenvalue weighted by Gasteiger charge is -2.12. The van der Waals surface area contributed by atoms with E-state index in [1.165, 1.54) is 0 Å². The fourth-order valence-electron chi connectivity index (χ4n) is 1.80. The van der Waals surface area contributed by atoms with E-state index in [0.29, 0.717) is 18.4 Å². The van der Waals surface area contributed by atoms with Crippen LogP contribution in [0.25, 0.3) is 0 Å². The summed E-state index contributed by atoms with van der Waals surface area (Å²) in [4.78, 5) is 12.9. The monoisotopic (exact) mass is 346 g/mol. The fourth-order valence-corrected chi connectivity index (χ4v) is 3.74. The number of para-hydroxylation sites is 1. The average molecular weight is 347 g/mol. The molecule has 2 amide bonds. The van der Waals surface area contributed by atoms with Crippen LogP contribution in [-0.4, -0.2) is 22.7 Å². The maximum Gasteiger partial charge on any atom is 0.319 e. The molecule has 2 N–H and O–H groups in total. The Labute approximate surface area is 140 Å². The van der Waals surface area contributed by atoms with E-state index < -0.39 is 4.33 Å². The number of carbonyl (C=O) groups is 1. The van der Waals surface area contributed by atoms with Gasteiger partial charge in [-0.3, -0.25) is 0 Å². The summed E-state index contributed by atoms with van der Waals surface area (Å²) in [7, 11) is 0. The Bertz CT molecular complexity index is 508. The summed E-state index contributed by atoms with van der Waals surface area (Å²) in [5, 5.41) is 5.74. The van der Waals surface area contributed by atoms with E-state index in [2.05, 4.69) is 24.5 Å². The molecule has 0 radical (unpaired) electrons. The quantitative estimate of drug-likeness (QED) is 0.576. The minimum atomic E-state index is -0.552. The number of carbonyl (C=O) groups excluding carboxylic acids is 1. The molecule has 1 aromatic carbocycles. The molecule has 1 atom stereocenters. The minimum Gasteiger partial charge on any atom is -0.338 e. The Balaban J connectivity index is 1.89. The van der Waals surface area contributed by atoms with Crippen molar-refractivity contribution in [3.63, 3.8) is 0 Å². The summed E-state index contributed by atoms with van der Waals surface area (Å²) in [6.45, 7) is 4.78. The Morgan fingerprint density at radius 2 is 2.10 bits per heavy atom. The zero-order chi connectivity index (χ0) is 15.5. The van der Waals surface area contributed by atoms with Crippen LogP contribution < -0.4 is 10.6 Å². The third-order valence-corrected chi connectivity index (χ3v) is 5.36. The molecule has 3 nitrogen and oxygen atoms in total. The molecule has 6 heteroatoms. The molecule has 1 fully saturated rings. The van der Waals surface area contributed by atoms with Crippen molar-refractivity contribution < 1.29 is 4.79 Å². The summed E-state index contributed by atoms with van der Waals surface area (Å²) in [6.07, 6.45) is 0.841. The lowest BCUT2D eigenvalue weighted by Crippen LogP contribution is -2.31. The Morgan fingerprint density at radius 1 is 1.43 bits per heavy atom. The van der Waals surface area contributed by atoms with Gasteiger partial charge in [-0.2, -0.15) is 0 Å². The number of urea groups is 1. The van der Waals surface area contributed by atoms with Crippen molar-refractivity contribution in [1.29, 1.82) is 0 Å². The number of benzene rings is 1. The number of anilines is 1. The number of thioether (sulfide) groups is 1. The van der Waals surface area contributed by atoms with Gasteiger partial charge in [0.15, 0.2) is 0 Å². The van der Waals surface area contributed by atoms with Crippen LogP contribution in [0.2, 0.25) is 0 Å². The first-order valence-electron chi connectivity index (χ1n) is 7.03. The predicted octanol–water partition coefficient (Wildman–Crippen LogP) is 4.75. The summed E-state index contributed by atoms with van der Waals surface area (Å²) in [5.41, 5.74) is 0.819. The van der Waals surface area contributed by atoms with Gasteiger partial charge in [-0.25, -0.2) is 4.79 Å². The van der Waals surface area contributed by atoms with Gasteiger partial charge in [0.25, 0.3) is 0 Å². The smallest absolute Gasteiger partial charge is 0.319 e. The van der Waals surface area contributed by atoms with E-state index in [9.17, 15) is 4.79 Å². The van der Waals surface area contributed by atoms with Gasteiger partial charge in [0.05, 0.1) is 5.69 Å². The lowest BCUT2D eigenvalue weighted by atomic mass is 10.2. The van der Waals surface area contributed by atoms with Gasteiger partial charge in [0, 0.05) is 23.1 Å². The zero-order valence-corrected chi connectivity index (χ0v) is 14.5. The highest BCUT2D eigenvalue weighted by atomic mass is 35.5. The van der Waals surface area contributed by atoms with Gasteiger partial charge in [-0.05, 0) is 24.5 Å². The second-order valence-electron chi connectivity index (χ2n) is 5.70. The topological polar surface area (TPSA) is 41.1 Å². The van der Waals surface area contributed by atoms with Crippen molar-refractivity contribution in [2.24, 2.45) is 11.8 Å². The largest absolute Gasteiger partial charge is 0.338 e. The molecule has 1 aromatic rings. The molecule has 0 aliphatic heterocycles. The van der Waals surface area contributed by atoms with E-state index in [-0.39, 0.29) is 6.03 Å². The maximum atomic E-state index is 11.8. The molecule has 0 aromatic heterocycles. The number of halogens is 2. The molecule has 0 bridgehead atoms. The Morgan fingerprint density at radius 3 is 2.71 bits per heavy atom. The highest BCUT2D eigenvalue weighted by Crippen LogP contribution is 2.55. The van der Waals surface area contributed by atoms with Gasteiger partial charge < -0.3 is 10.6 Å². The number of hydrogen-bond donors (Lipinski definition) is 2. The van der Waals surface area contributed by atoms with Gasteiger partial charge in [-0.1, -0.05) is 26.0 Å². The van der Waals surface area contributed by atoms with Crippen molar-refractivity contribution in [2.75, 3.05) is 17.6 Å². The molecule has 1 aliphatic rings. The Hall–Kier alpha value is -0.580. The summed E-state index contributed by atoms with van der Waals surface area (Å²) in [6, 6.07) is 7.59. The van der Waals surface area contributed by atoms with Crippen LogP contribution in [0.5, 0.6) is 0 Å². The van der Waals surface area contributed by atoms with Crippen LogP contribution in [0.4, 0.5) is 10.5 Å². The minimum absolute atomic E-state index is 0.174. The average Bonchev–Trinajstić information content (AvgIpc) is 3.03. The number of nitrogens with one attached hydrogen (secondary N) is 2. The summed E-state index contributed by atoms with van der Waals surface area (Å²) >= 11 is 13.8. The van der Waals surface area contributed by atoms with E-state index in [1.807, 2.05) is 24.3 Å². The molecule has 21 heavy (non-hydrogen) atoms. The predicted molar refractivity (Wildman–Crippen MR) is 91.6 cm³/mol. The van der Waals surface area contributed by atoms with Crippen LogP contribution in [0.3, 0.4) is 0 Å². The van der Waals surface area contributed by atoms with Gasteiger partial charge in [-0.15, -0.1) is 35.0 Å². The first-order chi connectivity index (χ1) is 9.88. The molecule has 2 rings (SSSR count). The van der Waals surface area contributed by atoms with E-state index >= 15 is 0 Å². The number of hydrogen-bond acceptors (Lipinski definition) is 2. The second-order valence-corrected chi connectivity index (χ2v) is 8.30. The van der Waals surface area contributed by atoms with Gasteiger partial charge in [0.1, 0.15) is 4.33 Å². The molecule has 1 unspecified atom stereocenters. The van der Waals surface area contributed by atoms with Crippen LogP contribution in [0.1, 0.15) is 20.3 Å². The van der Waals surface area contributed by atoms with Crippen LogP contribution in [0, 0.1) is 11.8 Å². The standard InChI is InChI=1S/C15H20Cl2N2OS/c1-10(2)8-18-14(20)19-12-5-3-4-6-13(12)21-9-11-7-15(11,16)17/h3-6,10-11H,7-9H2,1-2H3,(H2,18,19,20). The first-order valence-corrected chi connectivity index (χ1v) is 8.77. The van der Waals surface area contributed by atoms with Crippen molar-refractivity contribution in [2.45, 2.75) is 29.5 Å². The molecular formula is C15H20Cl2N2OS. The summed E-state index contributed by atoms with van der Waals surface area (Å²) in [5.74, 6) is 1.61. The van der Waals surface area contributed by atoms with Crippen LogP contribution >= 0.6 is 35.0 Å². The fraction of sp³-hybridized carbons (Fsp3) is 0.533. The molecule has 1 aliphatic carbocycles. The van der Waals surface area contributed by atoms with Crippen molar-refractivity contribution >= 4 is 46.7 Å². The number of amides is 2. The third kappa shape index (κ3) is 5.28. The van der Waals surface area contributed by atoms with Gasteiger partial charge in [0.2, 0.25) is 0 Å². The van der Waals surface area contributed by atoms with Crippen LogP contribution in [-0.2, 0) is 0 Å². The third-order valence-electron chi connectivity index (χ3n) is 3.20. The normalized spacial score (nSPS) is 19.4. The second kappa shape index (κ2) is 7.12. The molecule has 0 spiro atoms. The van der Waals surface area contributed by atoms with Crippen LogP contribution in [0.15, 0.2) is 29.2 Å². The maximum absolute atomic E-state index is 11.8. The number of rotatable bonds is 6. The van der Waals surface area contributed by atoms with Crippen molar-refractivity contribution in [1.82, 2.24) is 5.32 Å². The van der Waals surface area contributed by atoms with Gasteiger partial charge >= 0.3 is 6.03 Å². The molecule has 116 valence electrons. The lowest BCUT2D eigenvalue weighted by molar-refractivity contribution is 0.251.